The first-order valence-electron chi connectivity index (χ1n) is 5.74. The molecule has 0 aliphatic rings. The summed E-state index contributed by atoms with van der Waals surface area (Å²) in [5, 5.41) is 0. The van der Waals surface area contributed by atoms with Crippen molar-refractivity contribution in [3.63, 3.8) is 0 Å². The molecule has 0 aliphatic carbocycles. The smallest absolute Gasteiger partial charge is 0.00860 e. The molecule has 15 heavy (non-hydrogen) atoms. The number of benzene rings is 1. The van der Waals surface area contributed by atoms with Crippen LogP contribution in [0.3, 0.4) is 0 Å². The highest BCUT2D eigenvalue weighted by atomic mass is 14.0. The molecular weight excluding hydrogens is 180 g/mol. The van der Waals surface area contributed by atoms with E-state index in [4.69, 9.17) is 6.42 Å². The Hall–Kier alpha value is -1.22. The molecular formula is C15H20. The van der Waals surface area contributed by atoms with Crippen molar-refractivity contribution in [1.82, 2.24) is 0 Å². The SMILES string of the molecule is C#CCCCCCc1cccc(C)c1C. The van der Waals surface area contributed by atoms with E-state index in [0.717, 1.165) is 6.42 Å². The summed E-state index contributed by atoms with van der Waals surface area (Å²) in [6.45, 7) is 4.39. The molecule has 0 nitrogen and oxygen atoms in total. The lowest BCUT2D eigenvalue weighted by atomic mass is 9.98. The fourth-order valence-electron chi connectivity index (χ4n) is 1.80. The number of hydrogen-bond acceptors (Lipinski definition) is 0. The van der Waals surface area contributed by atoms with Crippen LogP contribution in [0.2, 0.25) is 0 Å². The topological polar surface area (TPSA) is 0 Å². The van der Waals surface area contributed by atoms with Crippen molar-refractivity contribution in [1.29, 1.82) is 0 Å². The molecule has 0 unspecified atom stereocenters. The molecule has 0 aliphatic heterocycles. The van der Waals surface area contributed by atoms with Gasteiger partial charge in [0.1, 0.15) is 0 Å². The van der Waals surface area contributed by atoms with Gasteiger partial charge < -0.3 is 0 Å². The van der Waals surface area contributed by atoms with E-state index in [-0.39, 0.29) is 0 Å². The molecule has 0 amide bonds. The van der Waals surface area contributed by atoms with Gasteiger partial charge in [-0.3, -0.25) is 0 Å². The first-order valence-corrected chi connectivity index (χ1v) is 5.74. The van der Waals surface area contributed by atoms with Gasteiger partial charge >= 0.3 is 0 Å². The van der Waals surface area contributed by atoms with Crippen LogP contribution in [-0.2, 0) is 6.42 Å². The van der Waals surface area contributed by atoms with E-state index in [0.29, 0.717) is 0 Å². The number of hydrogen-bond donors (Lipinski definition) is 0. The fraction of sp³-hybridized carbons (Fsp3) is 0.467. The number of aryl methyl sites for hydroxylation is 2. The lowest BCUT2D eigenvalue weighted by Gasteiger charge is -2.07. The Labute approximate surface area is 93.7 Å². The minimum Gasteiger partial charge on any atom is -0.120 e. The van der Waals surface area contributed by atoms with Crippen LogP contribution in [0.25, 0.3) is 0 Å². The van der Waals surface area contributed by atoms with Crippen molar-refractivity contribution in [2.45, 2.75) is 46.0 Å². The van der Waals surface area contributed by atoms with Crippen molar-refractivity contribution in [3.8, 4) is 12.3 Å². The second kappa shape index (κ2) is 6.30. The van der Waals surface area contributed by atoms with Crippen LogP contribution in [0.1, 0.15) is 42.4 Å². The van der Waals surface area contributed by atoms with Crippen LogP contribution in [0.5, 0.6) is 0 Å². The van der Waals surface area contributed by atoms with Gasteiger partial charge in [-0.25, -0.2) is 0 Å². The zero-order valence-corrected chi connectivity index (χ0v) is 9.84. The Balaban J connectivity index is 2.38. The van der Waals surface area contributed by atoms with Crippen LogP contribution in [0.15, 0.2) is 18.2 Å². The van der Waals surface area contributed by atoms with Gasteiger partial charge in [0, 0.05) is 6.42 Å². The third-order valence-corrected chi connectivity index (χ3v) is 2.98. The van der Waals surface area contributed by atoms with Gasteiger partial charge in [-0.05, 0) is 49.8 Å². The quantitative estimate of drug-likeness (QED) is 0.497. The summed E-state index contributed by atoms with van der Waals surface area (Å²) in [6, 6.07) is 6.57. The summed E-state index contributed by atoms with van der Waals surface area (Å²) >= 11 is 0. The Morgan fingerprint density at radius 1 is 1.13 bits per heavy atom. The van der Waals surface area contributed by atoms with Gasteiger partial charge in [-0.1, -0.05) is 24.6 Å². The minimum atomic E-state index is 0.923. The van der Waals surface area contributed by atoms with E-state index < -0.39 is 0 Å². The highest BCUT2D eigenvalue weighted by Gasteiger charge is 1.99. The van der Waals surface area contributed by atoms with Crippen LogP contribution in [-0.4, -0.2) is 0 Å². The second-order valence-electron chi connectivity index (χ2n) is 4.12. The fourth-order valence-corrected chi connectivity index (χ4v) is 1.80. The van der Waals surface area contributed by atoms with Gasteiger partial charge in [0.05, 0.1) is 0 Å². The third kappa shape index (κ3) is 3.80. The summed E-state index contributed by atoms with van der Waals surface area (Å²) in [5.74, 6) is 2.69. The normalized spacial score (nSPS) is 9.93. The highest BCUT2D eigenvalue weighted by Crippen LogP contribution is 2.15. The van der Waals surface area contributed by atoms with Crippen molar-refractivity contribution in [2.24, 2.45) is 0 Å². The highest BCUT2D eigenvalue weighted by molar-refractivity contribution is 5.33. The molecule has 0 heteroatoms. The van der Waals surface area contributed by atoms with E-state index in [9.17, 15) is 0 Å². The van der Waals surface area contributed by atoms with Gasteiger partial charge in [-0.2, -0.15) is 0 Å². The molecule has 1 aromatic rings. The van der Waals surface area contributed by atoms with Crippen LogP contribution in [0, 0.1) is 26.2 Å². The molecule has 0 fully saturated rings. The van der Waals surface area contributed by atoms with E-state index in [1.54, 1.807) is 0 Å². The summed E-state index contributed by atoms with van der Waals surface area (Å²) in [4.78, 5) is 0. The molecule has 0 heterocycles. The van der Waals surface area contributed by atoms with E-state index >= 15 is 0 Å². The molecule has 0 spiro atoms. The molecule has 80 valence electrons. The molecule has 0 saturated heterocycles. The lowest BCUT2D eigenvalue weighted by molar-refractivity contribution is 0.691. The standard InChI is InChI=1S/C15H20/c1-4-5-6-7-8-11-15-12-9-10-13(2)14(15)3/h1,9-10,12H,5-8,11H2,2-3H3. The third-order valence-electron chi connectivity index (χ3n) is 2.98. The average Bonchev–Trinajstić information content (AvgIpc) is 2.24. The largest absolute Gasteiger partial charge is 0.120 e. The molecule has 0 radical (unpaired) electrons. The Morgan fingerprint density at radius 2 is 1.93 bits per heavy atom. The molecule has 0 aromatic heterocycles. The number of terminal acetylenes is 1. The zero-order chi connectivity index (χ0) is 11.1. The first kappa shape index (κ1) is 11.9. The van der Waals surface area contributed by atoms with Crippen LogP contribution < -0.4 is 0 Å². The summed E-state index contributed by atoms with van der Waals surface area (Å²) in [6.07, 6.45) is 11.0. The maximum Gasteiger partial charge on any atom is 0.00860 e. The first-order chi connectivity index (χ1) is 7.25. The number of unbranched alkanes of at least 4 members (excludes halogenated alkanes) is 3. The van der Waals surface area contributed by atoms with E-state index in [2.05, 4.69) is 38.0 Å². The Kier molecular flexibility index (Phi) is 4.98. The van der Waals surface area contributed by atoms with Crippen LogP contribution >= 0.6 is 0 Å². The predicted octanol–water partition coefficient (Wildman–Crippen LogP) is 4.04. The van der Waals surface area contributed by atoms with Crippen molar-refractivity contribution in [3.05, 3.63) is 34.9 Å². The van der Waals surface area contributed by atoms with Gasteiger partial charge in [0.25, 0.3) is 0 Å². The predicted molar refractivity (Wildman–Crippen MR) is 66.9 cm³/mol. The van der Waals surface area contributed by atoms with Crippen molar-refractivity contribution < 1.29 is 0 Å². The van der Waals surface area contributed by atoms with E-state index in [1.165, 1.54) is 42.4 Å². The second-order valence-corrected chi connectivity index (χ2v) is 4.12. The molecule has 0 atom stereocenters. The van der Waals surface area contributed by atoms with Gasteiger partial charge in [0.15, 0.2) is 0 Å². The molecule has 0 bridgehead atoms. The zero-order valence-electron chi connectivity index (χ0n) is 9.84. The van der Waals surface area contributed by atoms with Gasteiger partial charge in [0.2, 0.25) is 0 Å². The molecule has 1 rings (SSSR count). The van der Waals surface area contributed by atoms with Crippen molar-refractivity contribution in [2.75, 3.05) is 0 Å². The average molecular weight is 200 g/mol. The molecule has 0 N–H and O–H groups in total. The van der Waals surface area contributed by atoms with E-state index in [1.807, 2.05) is 0 Å². The van der Waals surface area contributed by atoms with Gasteiger partial charge in [-0.15, -0.1) is 12.3 Å². The van der Waals surface area contributed by atoms with Crippen LogP contribution in [0.4, 0.5) is 0 Å². The maximum absolute atomic E-state index is 5.22. The maximum atomic E-state index is 5.22. The Morgan fingerprint density at radius 3 is 2.67 bits per heavy atom. The lowest BCUT2D eigenvalue weighted by Crippen LogP contribution is -1.92. The summed E-state index contributed by atoms with van der Waals surface area (Å²) in [5.41, 5.74) is 4.35. The minimum absolute atomic E-state index is 0.923. The summed E-state index contributed by atoms with van der Waals surface area (Å²) < 4.78 is 0. The molecule has 0 saturated carbocycles. The Bertz CT molecular complexity index is 342. The summed E-state index contributed by atoms with van der Waals surface area (Å²) in [7, 11) is 0. The molecule has 1 aromatic carbocycles. The number of rotatable bonds is 5. The monoisotopic (exact) mass is 200 g/mol. The van der Waals surface area contributed by atoms with Crippen molar-refractivity contribution >= 4 is 0 Å².